The van der Waals surface area contributed by atoms with Crippen molar-refractivity contribution in [3.8, 4) is 5.75 Å². The second-order valence-electron chi connectivity index (χ2n) is 7.09. The van der Waals surface area contributed by atoms with Crippen LogP contribution in [-0.2, 0) is 30.4 Å². The molecule has 0 spiro atoms. The van der Waals surface area contributed by atoms with Gasteiger partial charge >= 0.3 is 11.9 Å². The molecule has 0 heterocycles. The van der Waals surface area contributed by atoms with Crippen molar-refractivity contribution >= 4 is 41.4 Å². The third kappa shape index (κ3) is 10.7. The molecule has 0 aromatic heterocycles. The third-order valence-corrected chi connectivity index (χ3v) is 5.04. The van der Waals surface area contributed by atoms with Gasteiger partial charge in [-0.2, -0.15) is 11.8 Å². The van der Waals surface area contributed by atoms with Crippen molar-refractivity contribution in [1.29, 1.82) is 0 Å². The topological polar surface area (TPSA) is 208 Å². The van der Waals surface area contributed by atoms with Gasteiger partial charge in [-0.1, -0.05) is 12.1 Å². The number of aromatic hydroxyl groups is 1. The molecule has 1 aromatic carbocycles. The van der Waals surface area contributed by atoms with Crippen LogP contribution in [0.2, 0.25) is 0 Å². The lowest BCUT2D eigenvalue weighted by atomic mass is 10.0. The zero-order valence-corrected chi connectivity index (χ0v) is 18.8. The zero-order valence-electron chi connectivity index (χ0n) is 17.9. The number of nitrogens with two attached hydrogens (primary N) is 1. The lowest BCUT2D eigenvalue weighted by molar-refractivity contribution is -0.139. The maximum atomic E-state index is 13.0. The number of nitrogens with one attached hydrogen (secondary N) is 3. The Labute approximate surface area is 194 Å². The molecule has 0 saturated heterocycles. The molecule has 1 rings (SSSR count). The first-order chi connectivity index (χ1) is 15.5. The standard InChI is InChI=1S/C20H28N4O8S/c1-33-7-6-14(19(31)22-10-17(28)29)23-20(32)15(8-11-2-4-12(25)5-3-11)24-18(30)13(21)9-16(26)27/h2-5,13-15,25H,6-10,21H2,1H3,(H,22,31)(H,23,32)(H,24,30)(H,26,27)(H,28,29)/t13-,14-,15+/m0/s1. The molecule has 8 N–H and O–H groups in total. The molecule has 0 fully saturated rings. The Morgan fingerprint density at radius 3 is 2.09 bits per heavy atom. The van der Waals surface area contributed by atoms with E-state index in [0.717, 1.165) is 0 Å². The molecule has 0 aliphatic heterocycles. The number of hydrogen-bond acceptors (Lipinski definition) is 8. The van der Waals surface area contributed by atoms with Gasteiger partial charge in [0.15, 0.2) is 0 Å². The molecule has 0 saturated carbocycles. The molecule has 3 amide bonds. The summed E-state index contributed by atoms with van der Waals surface area (Å²) >= 11 is 1.42. The summed E-state index contributed by atoms with van der Waals surface area (Å²) < 4.78 is 0. The monoisotopic (exact) mass is 484 g/mol. The van der Waals surface area contributed by atoms with E-state index in [4.69, 9.17) is 15.9 Å². The first kappa shape index (κ1) is 27.7. The molecule has 33 heavy (non-hydrogen) atoms. The highest BCUT2D eigenvalue weighted by atomic mass is 32.2. The number of thioether (sulfide) groups is 1. The van der Waals surface area contributed by atoms with Crippen LogP contribution in [0.4, 0.5) is 0 Å². The second-order valence-corrected chi connectivity index (χ2v) is 8.08. The van der Waals surface area contributed by atoms with Gasteiger partial charge in [0.25, 0.3) is 0 Å². The summed E-state index contributed by atoms with van der Waals surface area (Å²) in [6.45, 7) is -0.623. The molecule has 0 bridgehead atoms. The molecular formula is C20H28N4O8S. The third-order valence-electron chi connectivity index (χ3n) is 4.40. The van der Waals surface area contributed by atoms with Gasteiger partial charge in [0.05, 0.1) is 12.5 Å². The van der Waals surface area contributed by atoms with E-state index < -0.39 is 60.8 Å². The maximum absolute atomic E-state index is 13.0. The van der Waals surface area contributed by atoms with Crippen LogP contribution in [0.5, 0.6) is 5.75 Å². The summed E-state index contributed by atoms with van der Waals surface area (Å²) in [6.07, 6.45) is 1.32. The molecule has 0 radical (unpaired) electrons. The molecule has 13 heteroatoms. The number of carboxylic acid groups (broad SMARTS) is 2. The predicted molar refractivity (Wildman–Crippen MR) is 120 cm³/mol. The quantitative estimate of drug-likeness (QED) is 0.165. The Morgan fingerprint density at radius 2 is 1.55 bits per heavy atom. The van der Waals surface area contributed by atoms with Crippen molar-refractivity contribution < 1.29 is 39.3 Å². The normalized spacial score (nSPS) is 13.3. The number of amides is 3. The fraction of sp³-hybridized carbons (Fsp3) is 0.450. The van der Waals surface area contributed by atoms with E-state index in [1.807, 2.05) is 0 Å². The lowest BCUT2D eigenvalue weighted by Gasteiger charge is -2.24. The summed E-state index contributed by atoms with van der Waals surface area (Å²) in [4.78, 5) is 59.2. The molecule has 0 aliphatic carbocycles. The number of rotatable bonds is 14. The van der Waals surface area contributed by atoms with Gasteiger partial charge in [0.2, 0.25) is 17.7 Å². The van der Waals surface area contributed by atoms with Crippen LogP contribution in [0, 0.1) is 0 Å². The van der Waals surface area contributed by atoms with Crippen molar-refractivity contribution in [2.24, 2.45) is 5.73 Å². The molecular weight excluding hydrogens is 456 g/mol. The van der Waals surface area contributed by atoms with Crippen molar-refractivity contribution in [1.82, 2.24) is 16.0 Å². The molecule has 0 unspecified atom stereocenters. The number of aliphatic carboxylic acids is 2. The Kier molecular flexibility index (Phi) is 11.7. The van der Waals surface area contributed by atoms with E-state index in [-0.39, 0.29) is 18.6 Å². The Morgan fingerprint density at radius 1 is 0.939 bits per heavy atom. The van der Waals surface area contributed by atoms with E-state index in [9.17, 15) is 29.1 Å². The molecule has 0 aliphatic rings. The number of carbonyl (C=O) groups excluding carboxylic acids is 3. The molecule has 182 valence electrons. The largest absolute Gasteiger partial charge is 0.508 e. The van der Waals surface area contributed by atoms with Crippen LogP contribution < -0.4 is 21.7 Å². The Hall–Kier alpha value is -3.32. The number of hydrogen-bond donors (Lipinski definition) is 7. The van der Waals surface area contributed by atoms with Crippen LogP contribution in [0.1, 0.15) is 18.4 Å². The maximum Gasteiger partial charge on any atom is 0.322 e. The van der Waals surface area contributed by atoms with Gasteiger partial charge in [-0.3, -0.25) is 24.0 Å². The number of benzene rings is 1. The summed E-state index contributed by atoms with van der Waals surface area (Å²) in [7, 11) is 0. The van der Waals surface area contributed by atoms with Gasteiger partial charge in [0, 0.05) is 6.42 Å². The highest BCUT2D eigenvalue weighted by Gasteiger charge is 2.29. The summed E-state index contributed by atoms with van der Waals surface area (Å²) in [5, 5.41) is 34.2. The molecule has 3 atom stereocenters. The first-order valence-electron chi connectivity index (χ1n) is 9.88. The highest BCUT2D eigenvalue weighted by molar-refractivity contribution is 7.98. The minimum Gasteiger partial charge on any atom is -0.508 e. The van der Waals surface area contributed by atoms with Crippen LogP contribution >= 0.6 is 11.8 Å². The van der Waals surface area contributed by atoms with Crippen molar-refractivity contribution in [2.45, 2.75) is 37.4 Å². The van der Waals surface area contributed by atoms with Crippen molar-refractivity contribution in [3.05, 3.63) is 29.8 Å². The zero-order chi connectivity index (χ0) is 25.0. The van der Waals surface area contributed by atoms with E-state index in [1.165, 1.54) is 36.0 Å². The minimum absolute atomic E-state index is 0.000464. The number of phenolic OH excluding ortho intramolecular Hbond substituents is 1. The van der Waals surface area contributed by atoms with Gasteiger partial charge in [-0.15, -0.1) is 0 Å². The minimum atomic E-state index is -1.40. The van der Waals surface area contributed by atoms with Crippen LogP contribution in [0.3, 0.4) is 0 Å². The predicted octanol–water partition coefficient (Wildman–Crippen LogP) is -1.34. The van der Waals surface area contributed by atoms with Gasteiger partial charge in [0.1, 0.15) is 24.4 Å². The second kappa shape index (κ2) is 14.0. The SMILES string of the molecule is CSCC[C@H](NC(=O)[C@@H](Cc1ccc(O)cc1)NC(=O)[C@@H](N)CC(=O)O)C(=O)NCC(=O)O. The summed E-state index contributed by atoms with van der Waals surface area (Å²) in [5.41, 5.74) is 6.15. The van der Waals surface area contributed by atoms with Gasteiger partial charge in [-0.05, 0) is 36.1 Å². The number of carboxylic acids is 2. The summed E-state index contributed by atoms with van der Waals surface area (Å²) in [5.74, 6) is -4.35. The van der Waals surface area contributed by atoms with Crippen molar-refractivity contribution in [2.75, 3.05) is 18.6 Å². The highest BCUT2D eigenvalue weighted by Crippen LogP contribution is 2.12. The Balaban J connectivity index is 3.03. The van der Waals surface area contributed by atoms with E-state index in [0.29, 0.717) is 11.3 Å². The van der Waals surface area contributed by atoms with Crippen LogP contribution in [0.25, 0.3) is 0 Å². The fourth-order valence-electron chi connectivity index (χ4n) is 2.70. The molecule has 12 nitrogen and oxygen atoms in total. The van der Waals surface area contributed by atoms with Gasteiger partial charge < -0.3 is 37.0 Å². The number of phenols is 1. The summed E-state index contributed by atoms with van der Waals surface area (Å²) in [6, 6.07) is 2.17. The molecule has 1 aromatic rings. The van der Waals surface area contributed by atoms with Crippen molar-refractivity contribution in [3.63, 3.8) is 0 Å². The average molecular weight is 485 g/mol. The smallest absolute Gasteiger partial charge is 0.322 e. The first-order valence-corrected chi connectivity index (χ1v) is 11.3. The lowest BCUT2D eigenvalue weighted by Crippen LogP contribution is -2.57. The van der Waals surface area contributed by atoms with E-state index >= 15 is 0 Å². The van der Waals surface area contributed by atoms with E-state index in [2.05, 4.69) is 16.0 Å². The number of carbonyl (C=O) groups is 5. The average Bonchev–Trinajstić information content (AvgIpc) is 2.75. The Bertz CT molecular complexity index is 849. The fourth-order valence-corrected chi connectivity index (χ4v) is 3.17. The van der Waals surface area contributed by atoms with Gasteiger partial charge in [-0.25, -0.2) is 0 Å². The van der Waals surface area contributed by atoms with E-state index in [1.54, 1.807) is 6.26 Å². The van der Waals surface area contributed by atoms with Crippen LogP contribution in [-0.4, -0.2) is 81.7 Å². The van der Waals surface area contributed by atoms with Crippen LogP contribution in [0.15, 0.2) is 24.3 Å².